The van der Waals surface area contributed by atoms with Gasteiger partial charge in [-0.1, -0.05) is 5.16 Å². The van der Waals surface area contributed by atoms with Gasteiger partial charge in [0.25, 0.3) is 0 Å². The van der Waals surface area contributed by atoms with Crippen molar-refractivity contribution in [3.8, 4) is 16.3 Å². The molecule has 2 heterocycles. The van der Waals surface area contributed by atoms with Crippen molar-refractivity contribution in [1.29, 1.82) is 0 Å². The summed E-state index contributed by atoms with van der Waals surface area (Å²) in [6.45, 7) is 4.73. The van der Waals surface area contributed by atoms with E-state index in [-0.39, 0.29) is 0 Å². The predicted molar refractivity (Wildman–Crippen MR) is 98.0 cm³/mol. The standard InChI is InChI=1S/C18H22N4O2S/c1-4-23-15-7-5-13(6-8-15)18-20-14(11-25-18)10-17-21-16(22-24-17)9-12(2)19-3/h5-8,11-12,19H,4,9-10H2,1-3H3. The Labute approximate surface area is 151 Å². The van der Waals surface area contributed by atoms with Gasteiger partial charge in [0, 0.05) is 23.4 Å². The second-order valence-electron chi connectivity index (χ2n) is 5.78. The molecule has 0 aliphatic rings. The Morgan fingerprint density at radius 2 is 2.04 bits per heavy atom. The van der Waals surface area contributed by atoms with E-state index in [0.717, 1.165) is 34.3 Å². The molecule has 1 N–H and O–H groups in total. The van der Waals surface area contributed by atoms with E-state index in [1.165, 1.54) is 0 Å². The fourth-order valence-corrected chi connectivity index (χ4v) is 3.18. The van der Waals surface area contributed by atoms with Crippen LogP contribution in [0, 0.1) is 0 Å². The average molecular weight is 358 g/mol. The minimum atomic E-state index is 0.316. The SMILES string of the molecule is CCOc1ccc(-c2nc(Cc3nc(CC(C)NC)no3)cs2)cc1. The monoisotopic (exact) mass is 358 g/mol. The number of likely N-dealkylation sites (N-methyl/N-ethyl adjacent to an activating group) is 1. The van der Waals surface area contributed by atoms with Gasteiger partial charge in [-0.15, -0.1) is 11.3 Å². The highest BCUT2D eigenvalue weighted by atomic mass is 32.1. The topological polar surface area (TPSA) is 73.1 Å². The second-order valence-corrected chi connectivity index (χ2v) is 6.63. The number of nitrogens with one attached hydrogen (secondary N) is 1. The molecule has 25 heavy (non-hydrogen) atoms. The van der Waals surface area contributed by atoms with Gasteiger partial charge in [0.2, 0.25) is 5.89 Å². The van der Waals surface area contributed by atoms with Crippen molar-refractivity contribution in [2.24, 2.45) is 0 Å². The van der Waals surface area contributed by atoms with Gasteiger partial charge in [0.1, 0.15) is 10.8 Å². The van der Waals surface area contributed by atoms with Crippen molar-refractivity contribution in [3.63, 3.8) is 0 Å². The summed E-state index contributed by atoms with van der Waals surface area (Å²) >= 11 is 1.61. The van der Waals surface area contributed by atoms with Gasteiger partial charge >= 0.3 is 0 Å². The molecule has 7 heteroatoms. The molecule has 0 spiro atoms. The summed E-state index contributed by atoms with van der Waals surface area (Å²) in [5.41, 5.74) is 2.01. The van der Waals surface area contributed by atoms with Crippen molar-refractivity contribution in [3.05, 3.63) is 47.1 Å². The zero-order valence-electron chi connectivity index (χ0n) is 14.7. The van der Waals surface area contributed by atoms with Crippen LogP contribution in [0.4, 0.5) is 0 Å². The van der Waals surface area contributed by atoms with E-state index in [2.05, 4.69) is 27.4 Å². The molecule has 2 aromatic heterocycles. The molecule has 0 fully saturated rings. The van der Waals surface area contributed by atoms with Crippen LogP contribution in [0.25, 0.3) is 10.6 Å². The molecule has 3 rings (SSSR count). The average Bonchev–Trinajstić information content (AvgIpc) is 3.26. The van der Waals surface area contributed by atoms with Gasteiger partial charge in [0.05, 0.1) is 18.7 Å². The highest BCUT2D eigenvalue weighted by molar-refractivity contribution is 7.13. The summed E-state index contributed by atoms with van der Waals surface area (Å²) < 4.78 is 10.8. The van der Waals surface area contributed by atoms with Crippen LogP contribution >= 0.6 is 11.3 Å². The van der Waals surface area contributed by atoms with Crippen molar-refractivity contribution >= 4 is 11.3 Å². The molecular weight excluding hydrogens is 336 g/mol. The highest BCUT2D eigenvalue weighted by Gasteiger charge is 2.12. The number of benzene rings is 1. The first-order valence-electron chi connectivity index (χ1n) is 8.34. The van der Waals surface area contributed by atoms with E-state index >= 15 is 0 Å². The van der Waals surface area contributed by atoms with Gasteiger partial charge in [0.15, 0.2) is 5.82 Å². The summed E-state index contributed by atoms with van der Waals surface area (Å²) in [7, 11) is 1.92. The Morgan fingerprint density at radius 3 is 2.76 bits per heavy atom. The minimum Gasteiger partial charge on any atom is -0.494 e. The lowest BCUT2D eigenvalue weighted by Gasteiger charge is -2.04. The Hall–Kier alpha value is -2.25. The molecule has 0 radical (unpaired) electrons. The van der Waals surface area contributed by atoms with Crippen LogP contribution in [-0.2, 0) is 12.8 Å². The summed E-state index contributed by atoms with van der Waals surface area (Å²) in [6, 6.07) is 8.30. The van der Waals surface area contributed by atoms with Crippen LogP contribution in [0.15, 0.2) is 34.2 Å². The van der Waals surface area contributed by atoms with Crippen molar-refractivity contribution in [2.75, 3.05) is 13.7 Å². The normalized spacial score (nSPS) is 12.3. The minimum absolute atomic E-state index is 0.316. The summed E-state index contributed by atoms with van der Waals surface area (Å²) in [4.78, 5) is 9.11. The van der Waals surface area contributed by atoms with E-state index in [9.17, 15) is 0 Å². The maximum absolute atomic E-state index is 5.47. The first-order valence-corrected chi connectivity index (χ1v) is 9.22. The van der Waals surface area contributed by atoms with Crippen LogP contribution in [0.2, 0.25) is 0 Å². The molecule has 0 bridgehead atoms. The number of aromatic nitrogens is 3. The van der Waals surface area contributed by atoms with Gasteiger partial charge < -0.3 is 14.6 Å². The van der Waals surface area contributed by atoms with E-state index in [4.69, 9.17) is 9.26 Å². The Bertz CT molecular complexity index is 798. The molecule has 1 atom stereocenters. The third-order valence-corrected chi connectivity index (χ3v) is 4.73. The van der Waals surface area contributed by atoms with Crippen LogP contribution < -0.4 is 10.1 Å². The first kappa shape index (κ1) is 17.6. The maximum Gasteiger partial charge on any atom is 0.232 e. The van der Waals surface area contributed by atoms with E-state index in [1.807, 2.05) is 43.6 Å². The molecule has 0 amide bonds. The number of hydrogen-bond acceptors (Lipinski definition) is 7. The van der Waals surface area contributed by atoms with E-state index < -0.39 is 0 Å². The molecule has 3 aromatic rings. The molecule has 1 unspecified atom stereocenters. The lowest BCUT2D eigenvalue weighted by Crippen LogP contribution is -2.24. The maximum atomic E-state index is 5.47. The molecule has 0 saturated heterocycles. The highest BCUT2D eigenvalue weighted by Crippen LogP contribution is 2.26. The fraction of sp³-hybridized carbons (Fsp3) is 0.389. The quantitative estimate of drug-likeness (QED) is 0.666. The van der Waals surface area contributed by atoms with Crippen LogP contribution in [0.1, 0.15) is 31.3 Å². The van der Waals surface area contributed by atoms with Crippen LogP contribution in [0.5, 0.6) is 5.75 Å². The molecule has 6 nitrogen and oxygen atoms in total. The summed E-state index contributed by atoms with van der Waals surface area (Å²) in [5, 5.41) is 10.2. The van der Waals surface area contributed by atoms with Crippen molar-refractivity contribution in [1.82, 2.24) is 20.4 Å². The van der Waals surface area contributed by atoms with Gasteiger partial charge in [-0.2, -0.15) is 4.98 Å². The van der Waals surface area contributed by atoms with Gasteiger partial charge in [-0.25, -0.2) is 4.98 Å². The van der Waals surface area contributed by atoms with E-state index in [0.29, 0.717) is 25.0 Å². The van der Waals surface area contributed by atoms with E-state index in [1.54, 1.807) is 11.3 Å². The fourth-order valence-electron chi connectivity index (χ4n) is 2.36. The Morgan fingerprint density at radius 1 is 1.24 bits per heavy atom. The zero-order chi connectivity index (χ0) is 17.6. The van der Waals surface area contributed by atoms with Crippen molar-refractivity contribution in [2.45, 2.75) is 32.7 Å². The second kappa shape index (κ2) is 8.22. The third-order valence-electron chi connectivity index (χ3n) is 3.79. The number of hydrogen-bond donors (Lipinski definition) is 1. The predicted octanol–water partition coefficient (Wildman–Crippen LogP) is 3.33. The molecule has 0 saturated carbocycles. The number of nitrogens with zero attached hydrogens (tertiary/aromatic N) is 3. The van der Waals surface area contributed by atoms with Crippen molar-refractivity contribution < 1.29 is 9.26 Å². The Kier molecular flexibility index (Phi) is 5.78. The van der Waals surface area contributed by atoms with Crippen LogP contribution in [0.3, 0.4) is 0 Å². The largest absolute Gasteiger partial charge is 0.494 e. The summed E-state index contributed by atoms with van der Waals surface area (Å²) in [6.07, 6.45) is 1.29. The lowest BCUT2D eigenvalue weighted by atomic mass is 10.2. The number of rotatable bonds is 8. The third kappa shape index (κ3) is 4.64. The molecular formula is C18H22N4O2S. The first-order chi connectivity index (χ1) is 12.2. The molecule has 0 aliphatic heterocycles. The molecule has 1 aromatic carbocycles. The summed E-state index contributed by atoms with van der Waals surface area (Å²) in [5.74, 6) is 2.19. The lowest BCUT2D eigenvalue weighted by molar-refractivity contribution is 0.340. The Balaban J connectivity index is 1.65. The van der Waals surface area contributed by atoms with Gasteiger partial charge in [-0.05, 0) is 45.2 Å². The van der Waals surface area contributed by atoms with Gasteiger partial charge in [-0.3, -0.25) is 0 Å². The zero-order valence-corrected chi connectivity index (χ0v) is 15.5. The molecule has 132 valence electrons. The van der Waals surface area contributed by atoms with Crippen LogP contribution in [-0.4, -0.2) is 34.8 Å². The number of ether oxygens (including phenoxy) is 1. The smallest absolute Gasteiger partial charge is 0.232 e. The molecule has 0 aliphatic carbocycles. The number of thiazole rings is 1.